The van der Waals surface area contributed by atoms with E-state index in [-0.39, 0.29) is 36.5 Å². The molecule has 1 rings (SSSR count). The number of hydrogen-bond donors (Lipinski definition) is 0. The zero-order valence-corrected chi connectivity index (χ0v) is 8.75. The third-order valence-electron chi connectivity index (χ3n) is 1.51. The van der Waals surface area contributed by atoms with Crippen LogP contribution < -0.4 is 0 Å². The SMILES string of the molecule is CC(=O)CC(=O)c1ccccc1.[V]. The molecule has 1 radical (unpaired) electrons. The van der Waals surface area contributed by atoms with Gasteiger partial charge in [0.05, 0.1) is 6.42 Å². The minimum absolute atomic E-state index is 0. The first-order valence-corrected chi connectivity index (χ1v) is 3.78. The molecule has 0 bridgehead atoms. The molecule has 67 valence electrons. The van der Waals surface area contributed by atoms with Gasteiger partial charge in [-0.2, -0.15) is 0 Å². The number of hydrogen-bond acceptors (Lipinski definition) is 2. The fraction of sp³-hybridized carbons (Fsp3) is 0.200. The fourth-order valence-electron chi connectivity index (χ4n) is 0.952. The fourth-order valence-corrected chi connectivity index (χ4v) is 0.952. The van der Waals surface area contributed by atoms with Crippen LogP contribution in [0.15, 0.2) is 30.3 Å². The van der Waals surface area contributed by atoms with E-state index < -0.39 is 0 Å². The summed E-state index contributed by atoms with van der Waals surface area (Å²) in [6.45, 7) is 1.42. The molecule has 0 fully saturated rings. The number of carbonyl (C=O) groups excluding carboxylic acids is 2. The van der Waals surface area contributed by atoms with E-state index in [2.05, 4.69) is 0 Å². The first-order valence-electron chi connectivity index (χ1n) is 3.78. The van der Waals surface area contributed by atoms with Crippen LogP contribution in [-0.4, -0.2) is 11.6 Å². The predicted octanol–water partition coefficient (Wildman–Crippen LogP) is 1.85. The van der Waals surface area contributed by atoms with Crippen molar-refractivity contribution in [3.63, 3.8) is 0 Å². The van der Waals surface area contributed by atoms with E-state index in [1.807, 2.05) is 6.07 Å². The van der Waals surface area contributed by atoms with Crippen molar-refractivity contribution in [3.8, 4) is 0 Å². The van der Waals surface area contributed by atoms with Crippen LogP contribution in [0.25, 0.3) is 0 Å². The normalized spacial score (nSPS) is 8.69. The van der Waals surface area contributed by atoms with Crippen LogP contribution in [0.4, 0.5) is 0 Å². The van der Waals surface area contributed by atoms with Crippen molar-refractivity contribution < 1.29 is 28.1 Å². The van der Waals surface area contributed by atoms with Gasteiger partial charge in [-0.1, -0.05) is 30.3 Å². The Labute approximate surface area is 89.2 Å². The van der Waals surface area contributed by atoms with E-state index in [9.17, 15) is 9.59 Å². The molecule has 0 unspecified atom stereocenters. The van der Waals surface area contributed by atoms with Gasteiger partial charge >= 0.3 is 0 Å². The predicted molar refractivity (Wildman–Crippen MR) is 46.1 cm³/mol. The van der Waals surface area contributed by atoms with Crippen molar-refractivity contribution in [2.24, 2.45) is 0 Å². The van der Waals surface area contributed by atoms with Crippen molar-refractivity contribution in [3.05, 3.63) is 35.9 Å². The van der Waals surface area contributed by atoms with Crippen LogP contribution in [-0.2, 0) is 23.4 Å². The summed E-state index contributed by atoms with van der Waals surface area (Å²) in [6, 6.07) is 8.84. The summed E-state index contributed by atoms with van der Waals surface area (Å²) in [4.78, 5) is 21.8. The van der Waals surface area contributed by atoms with Gasteiger partial charge in [0, 0.05) is 24.1 Å². The molecule has 0 aliphatic rings. The third kappa shape index (κ3) is 4.06. The minimum Gasteiger partial charge on any atom is -0.300 e. The molecule has 3 heteroatoms. The van der Waals surface area contributed by atoms with Crippen LogP contribution in [0, 0.1) is 0 Å². The molecule has 0 N–H and O–H groups in total. The smallest absolute Gasteiger partial charge is 0.170 e. The van der Waals surface area contributed by atoms with E-state index in [0.29, 0.717) is 5.56 Å². The van der Waals surface area contributed by atoms with Crippen molar-refractivity contribution in [1.82, 2.24) is 0 Å². The molecule has 0 aromatic heterocycles. The Morgan fingerprint density at radius 3 is 2.15 bits per heavy atom. The number of Topliss-reactive ketones (excluding diaryl/α,β-unsaturated/α-hetero) is 2. The molecule has 1 aromatic rings. The first-order chi connectivity index (χ1) is 5.70. The van der Waals surface area contributed by atoms with Crippen molar-refractivity contribution in [1.29, 1.82) is 0 Å². The molecule has 0 saturated carbocycles. The largest absolute Gasteiger partial charge is 0.300 e. The maximum atomic E-state index is 11.2. The van der Waals surface area contributed by atoms with Crippen molar-refractivity contribution in [2.45, 2.75) is 13.3 Å². The van der Waals surface area contributed by atoms with E-state index in [4.69, 9.17) is 0 Å². The van der Waals surface area contributed by atoms with Gasteiger partial charge in [0.15, 0.2) is 5.78 Å². The molecule has 0 amide bonds. The van der Waals surface area contributed by atoms with Crippen molar-refractivity contribution >= 4 is 11.6 Å². The van der Waals surface area contributed by atoms with Gasteiger partial charge in [0.2, 0.25) is 0 Å². The molecular formula is C10H10O2V. The summed E-state index contributed by atoms with van der Waals surface area (Å²) in [6.07, 6.45) is 0.00398. The Morgan fingerprint density at radius 2 is 1.69 bits per heavy atom. The zero-order valence-electron chi connectivity index (χ0n) is 7.36. The Morgan fingerprint density at radius 1 is 1.15 bits per heavy atom. The quantitative estimate of drug-likeness (QED) is 0.567. The molecule has 2 nitrogen and oxygen atoms in total. The maximum Gasteiger partial charge on any atom is 0.170 e. The van der Waals surface area contributed by atoms with Crippen LogP contribution >= 0.6 is 0 Å². The van der Waals surface area contributed by atoms with Crippen LogP contribution in [0.2, 0.25) is 0 Å². The van der Waals surface area contributed by atoms with Gasteiger partial charge in [-0.05, 0) is 6.92 Å². The van der Waals surface area contributed by atoms with Gasteiger partial charge in [-0.25, -0.2) is 0 Å². The van der Waals surface area contributed by atoms with E-state index >= 15 is 0 Å². The van der Waals surface area contributed by atoms with Gasteiger partial charge < -0.3 is 0 Å². The Bertz CT molecular complexity index is 293. The van der Waals surface area contributed by atoms with Crippen LogP contribution in [0.1, 0.15) is 23.7 Å². The molecule has 0 aliphatic heterocycles. The summed E-state index contributed by atoms with van der Waals surface area (Å²) < 4.78 is 0. The number of ketones is 2. The molecule has 0 saturated heterocycles. The summed E-state index contributed by atoms with van der Waals surface area (Å²) in [7, 11) is 0. The molecular weight excluding hydrogens is 203 g/mol. The number of carbonyl (C=O) groups is 2. The third-order valence-corrected chi connectivity index (χ3v) is 1.51. The van der Waals surface area contributed by atoms with Crippen LogP contribution in [0.5, 0.6) is 0 Å². The molecule has 13 heavy (non-hydrogen) atoms. The second kappa shape index (κ2) is 5.73. The topological polar surface area (TPSA) is 34.1 Å². The van der Waals surface area contributed by atoms with Crippen molar-refractivity contribution in [2.75, 3.05) is 0 Å². The summed E-state index contributed by atoms with van der Waals surface area (Å²) >= 11 is 0. The Kier molecular flexibility index (Phi) is 5.36. The van der Waals surface area contributed by atoms with E-state index in [1.165, 1.54) is 6.92 Å². The minimum atomic E-state index is -0.108. The van der Waals surface area contributed by atoms with Gasteiger partial charge in [0.25, 0.3) is 0 Å². The standard InChI is InChI=1S/C10H10O2.V/c1-8(11)7-10(12)9-5-3-2-4-6-9;/h2-6H,7H2,1H3;. The zero-order chi connectivity index (χ0) is 8.97. The van der Waals surface area contributed by atoms with Gasteiger partial charge in [-0.15, -0.1) is 0 Å². The molecule has 0 spiro atoms. The summed E-state index contributed by atoms with van der Waals surface area (Å²) in [5, 5.41) is 0. The maximum absolute atomic E-state index is 11.2. The van der Waals surface area contributed by atoms with E-state index in [1.54, 1.807) is 24.3 Å². The second-order valence-electron chi connectivity index (χ2n) is 2.67. The number of rotatable bonds is 3. The van der Waals surface area contributed by atoms with E-state index in [0.717, 1.165) is 0 Å². The molecule has 0 atom stereocenters. The molecule has 0 aliphatic carbocycles. The molecule has 1 aromatic carbocycles. The average molecular weight is 213 g/mol. The number of benzene rings is 1. The van der Waals surface area contributed by atoms with Gasteiger partial charge in [-0.3, -0.25) is 9.59 Å². The second-order valence-corrected chi connectivity index (χ2v) is 2.67. The van der Waals surface area contributed by atoms with Gasteiger partial charge in [0.1, 0.15) is 5.78 Å². The summed E-state index contributed by atoms with van der Waals surface area (Å²) in [5.41, 5.74) is 0.604. The van der Waals surface area contributed by atoms with Crippen LogP contribution in [0.3, 0.4) is 0 Å². The Hall–Kier alpha value is -0.856. The molecule has 0 heterocycles. The monoisotopic (exact) mass is 213 g/mol. The average Bonchev–Trinajstić information content (AvgIpc) is 2.05. The Balaban J connectivity index is 0.00000144. The first kappa shape index (κ1) is 12.1. The summed E-state index contributed by atoms with van der Waals surface area (Å²) in [5.74, 6) is -0.202.